The quantitative estimate of drug-likeness (QED) is 0.387. The van der Waals surface area contributed by atoms with E-state index in [1.54, 1.807) is 7.05 Å². The monoisotopic (exact) mass is 280 g/mol. The molecular weight excluding hydrogens is 256 g/mol. The third-order valence-electron chi connectivity index (χ3n) is 2.57. The molecule has 0 fully saturated rings. The summed E-state index contributed by atoms with van der Waals surface area (Å²) in [6.07, 6.45) is 3.16. The van der Waals surface area contributed by atoms with E-state index in [9.17, 15) is 0 Å². The first-order valence-electron chi connectivity index (χ1n) is 6.59. The fraction of sp³-hybridized carbons (Fsp3) is 0.500. The summed E-state index contributed by atoms with van der Waals surface area (Å²) >= 11 is 1.83. The summed E-state index contributed by atoms with van der Waals surface area (Å²) in [7, 11) is 1.80. The Hall–Kier alpha value is -1.36. The maximum atomic E-state index is 4.18. The van der Waals surface area contributed by atoms with Crippen LogP contribution >= 0.6 is 11.8 Å². The highest BCUT2D eigenvalue weighted by molar-refractivity contribution is 7.98. The van der Waals surface area contributed by atoms with Crippen LogP contribution in [0.3, 0.4) is 0 Å². The van der Waals surface area contributed by atoms with E-state index in [1.807, 2.05) is 30.0 Å². The molecule has 3 N–H and O–H groups in total. The fourth-order valence-electron chi connectivity index (χ4n) is 1.58. The number of rotatable bonds is 8. The maximum Gasteiger partial charge on any atom is 0.191 e. The number of thioether (sulfide) groups is 1. The van der Waals surface area contributed by atoms with Crippen molar-refractivity contribution in [3.05, 3.63) is 30.3 Å². The lowest BCUT2D eigenvalue weighted by molar-refractivity contribution is 0.772. The molecule has 0 radical (unpaired) electrons. The highest BCUT2D eigenvalue weighted by Crippen LogP contribution is 2.03. The Morgan fingerprint density at radius 3 is 2.53 bits per heavy atom. The molecular formula is C14H24N4S. The third-order valence-corrected chi connectivity index (χ3v) is 3.18. The molecule has 4 nitrogen and oxygen atoms in total. The lowest BCUT2D eigenvalue weighted by Gasteiger charge is -2.11. The second-order valence-corrected chi connectivity index (χ2v) is 5.05. The smallest absolute Gasteiger partial charge is 0.191 e. The van der Waals surface area contributed by atoms with E-state index in [2.05, 4.69) is 39.3 Å². The van der Waals surface area contributed by atoms with E-state index in [4.69, 9.17) is 0 Å². The molecule has 1 aromatic rings. The van der Waals surface area contributed by atoms with E-state index in [-0.39, 0.29) is 0 Å². The molecule has 0 amide bonds. The molecule has 0 bridgehead atoms. The molecule has 0 spiro atoms. The summed E-state index contributed by atoms with van der Waals surface area (Å²) < 4.78 is 0. The molecule has 0 atom stereocenters. The van der Waals surface area contributed by atoms with E-state index in [0.717, 1.165) is 37.8 Å². The predicted octanol–water partition coefficient (Wildman–Crippen LogP) is 2.02. The third kappa shape index (κ3) is 7.62. The maximum absolute atomic E-state index is 4.18. The summed E-state index contributed by atoms with van der Waals surface area (Å²) in [5.41, 5.74) is 1.17. The molecule has 106 valence electrons. The van der Waals surface area contributed by atoms with Crippen molar-refractivity contribution in [2.24, 2.45) is 4.99 Å². The Morgan fingerprint density at radius 2 is 1.84 bits per heavy atom. The van der Waals surface area contributed by atoms with E-state index in [0.29, 0.717) is 0 Å². The van der Waals surface area contributed by atoms with Crippen molar-refractivity contribution in [1.29, 1.82) is 0 Å². The number of guanidine groups is 1. The number of hydrogen-bond acceptors (Lipinski definition) is 3. The molecule has 1 rings (SSSR count). The van der Waals surface area contributed by atoms with Crippen LogP contribution < -0.4 is 16.0 Å². The van der Waals surface area contributed by atoms with E-state index < -0.39 is 0 Å². The van der Waals surface area contributed by atoms with Gasteiger partial charge in [-0.1, -0.05) is 18.2 Å². The van der Waals surface area contributed by atoms with Gasteiger partial charge in [-0.3, -0.25) is 4.99 Å². The minimum atomic E-state index is 0.883. The molecule has 0 unspecified atom stereocenters. The number of anilines is 1. The van der Waals surface area contributed by atoms with Gasteiger partial charge in [-0.25, -0.2) is 0 Å². The van der Waals surface area contributed by atoms with Crippen molar-refractivity contribution in [3.8, 4) is 0 Å². The van der Waals surface area contributed by atoms with Gasteiger partial charge in [-0.05, 0) is 24.8 Å². The second-order valence-electron chi connectivity index (χ2n) is 4.06. The van der Waals surface area contributed by atoms with Crippen LogP contribution in [0, 0.1) is 0 Å². The zero-order chi connectivity index (χ0) is 13.8. The minimum absolute atomic E-state index is 0.883. The van der Waals surface area contributed by atoms with Gasteiger partial charge >= 0.3 is 0 Å². The van der Waals surface area contributed by atoms with Gasteiger partial charge in [0.05, 0.1) is 0 Å². The Bertz CT molecular complexity index is 354. The first kappa shape index (κ1) is 15.7. The minimum Gasteiger partial charge on any atom is -0.385 e. The van der Waals surface area contributed by atoms with E-state index in [1.165, 1.54) is 5.69 Å². The highest BCUT2D eigenvalue weighted by Gasteiger charge is 1.95. The molecule has 1 aromatic carbocycles. The van der Waals surface area contributed by atoms with Crippen LogP contribution in [0.25, 0.3) is 0 Å². The summed E-state index contributed by atoms with van der Waals surface area (Å²) in [5.74, 6) is 1.98. The van der Waals surface area contributed by atoms with Crippen molar-refractivity contribution < 1.29 is 0 Å². The standard InChI is InChI=1S/C14H24N4S/c1-15-14(18-11-12-19-2)17-10-6-9-16-13-7-4-3-5-8-13/h3-5,7-8,16H,6,9-12H2,1-2H3,(H2,15,17,18). The van der Waals surface area contributed by atoms with Crippen molar-refractivity contribution in [2.45, 2.75) is 6.42 Å². The zero-order valence-electron chi connectivity index (χ0n) is 11.8. The van der Waals surface area contributed by atoms with Crippen LogP contribution in [0.5, 0.6) is 0 Å². The summed E-state index contributed by atoms with van der Waals surface area (Å²) in [6.45, 7) is 2.82. The predicted molar refractivity (Wildman–Crippen MR) is 87.3 cm³/mol. The lowest BCUT2D eigenvalue weighted by Crippen LogP contribution is -2.39. The number of para-hydroxylation sites is 1. The Morgan fingerprint density at radius 1 is 1.11 bits per heavy atom. The SMILES string of the molecule is CN=C(NCCCNc1ccccc1)NCCSC. The molecule has 0 aliphatic rings. The topological polar surface area (TPSA) is 48.5 Å². The first-order chi connectivity index (χ1) is 9.36. The second kappa shape index (κ2) is 10.6. The van der Waals surface area contributed by atoms with Crippen LogP contribution in [-0.4, -0.2) is 44.7 Å². The molecule has 0 aliphatic carbocycles. The number of aliphatic imine (C=N–C) groups is 1. The van der Waals surface area contributed by atoms with Crippen LogP contribution in [0.4, 0.5) is 5.69 Å². The van der Waals surface area contributed by atoms with Gasteiger partial charge in [0.25, 0.3) is 0 Å². The Balaban J connectivity index is 2.06. The zero-order valence-corrected chi connectivity index (χ0v) is 12.6. The average Bonchev–Trinajstić information content (AvgIpc) is 2.46. The number of nitrogens with zero attached hydrogens (tertiary/aromatic N) is 1. The van der Waals surface area contributed by atoms with Gasteiger partial charge in [0.2, 0.25) is 0 Å². The first-order valence-corrected chi connectivity index (χ1v) is 7.98. The van der Waals surface area contributed by atoms with Crippen molar-refractivity contribution in [1.82, 2.24) is 10.6 Å². The van der Waals surface area contributed by atoms with Gasteiger partial charge in [0.15, 0.2) is 5.96 Å². The highest BCUT2D eigenvalue weighted by atomic mass is 32.2. The van der Waals surface area contributed by atoms with Crippen LogP contribution in [0.2, 0.25) is 0 Å². The molecule has 0 aromatic heterocycles. The van der Waals surface area contributed by atoms with Gasteiger partial charge < -0.3 is 16.0 Å². The Kier molecular flexibility index (Phi) is 8.72. The summed E-state index contributed by atoms with van der Waals surface area (Å²) in [6, 6.07) is 10.3. The molecule has 0 saturated heterocycles. The molecule has 5 heteroatoms. The Labute approximate surface area is 120 Å². The summed E-state index contributed by atoms with van der Waals surface area (Å²) in [5, 5.41) is 9.97. The van der Waals surface area contributed by atoms with Gasteiger partial charge in [-0.2, -0.15) is 11.8 Å². The van der Waals surface area contributed by atoms with Crippen molar-refractivity contribution >= 4 is 23.4 Å². The summed E-state index contributed by atoms with van der Waals surface area (Å²) in [4.78, 5) is 4.18. The molecule has 19 heavy (non-hydrogen) atoms. The largest absolute Gasteiger partial charge is 0.385 e. The molecule has 0 saturated carbocycles. The molecule has 0 aliphatic heterocycles. The van der Waals surface area contributed by atoms with Crippen molar-refractivity contribution in [3.63, 3.8) is 0 Å². The van der Waals surface area contributed by atoms with Crippen molar-refractivity contribution in [2.75, 3.05) is 44.0 Å². The fourth-order valence-corrected chi connectivity index (χ4v) is 1.88. The number of hydrogen-bond donors (Lipinski definition) is 3. The molecule has 0 heterocycles. The van der Waals surface area contributed by atoms with Gasteiger partial charge in [0.1, 0.15) is 0 Å². The normalized spacial score (nSPS) is 11.2. The average molecular weight is 280 g/mol. The van der Waals surface area contributed by atoms with Gasteiger partial charge in [0, 0.05) is 38.1 Å². The number of nitrogens with one attached hydrogen (secondary N) is 3. The number of benzene rings is 1. The van der Waals surface area contributed by atoms with Crippen LogP contribution in [-0.2, 0) is 0 Å². The lowest BCUT2D eigenvalue weighted by atomic mass is 10.3. The van der Waals surface area contributed by atoms with E-state index >= 15 is 0 Å². The van der Waals surface area contributed by atoms with Crippen LogP contribution in [0.15, 0.2) is 35.3 Å². The van der Waals surface area contributed by atoms with Crippen LogP contribution in [0.1, 0.15) is 6.42 Å². The van der Waals surface area contributed by atoms with Gasteiger partial charge in [-0.15, -0.1) is 0 Å².